The van der Waals surface area contributed by atoms with Crippen LogP contribution in [-0.4, -0.2) is 17.3 Å². The molecule has 0 aromatic heterocycles. The summed E-state index contributed by atoms with van der Waals surface area (Å²) in [6.45, 7) is 21.0. The van der Waals surface area contributed by atoms with Crippen LogP contribution in [0.4, 0.5) is 0 Å². The van der Waals surface area contributed by atoms with Gasteiger partial charge in [0.05, 0.1) is 6.10 Å². The average Bonchev–Trinajstić information content (AvgIpc) is 3.18. The van der Waals surface area contributed by atoms with E-state index in [0.29, 0.717) is 34.1 Å². The summed E-state index contributed by atoms with van der Waals surface area (Å²) in [5, 5.41) is 14.8. The first kappa shape index (κ1) is 29.4. The van der Waals surface area contributed by atoms with Gasteiger partial charge in [-0.15, -0.1) is 0 Å². The van der Waals surface area contributed by atoms with Gasteiger partial charge in [0.15, 0.2) is 0 Å². The van der Waals surface area contributed by atoms with Gasteiger partial charge < -0.3 is 10.4 Å². The van der Waals surface area contributed by atoms with Crippen molar-refractivity contribution < 1.29 is 5.11 Å². The molecule has 6 unspecified atom stereocenters. The Morgan fingerprint density at radius 1 is 0.846 bits per heavy atom. The molecule has 0 saturated heterocycles. The quantitative estimate of drug-likeness (QED) is 0.326. The van der Waals surface area contributed by atoms with Crippen molar-refractivity contribution in [2.75, 3.05) is 0 Å². The third-order valence-corrected chi connectivity index (χ3v) is 13.6. The molecule has 2 saturated carbocycles. The van der Waals surface area contributed by atoms with E-state index in [4.69, 9.17) is 0 Å². The van der Waals surface area contributed by atoms with Crippen molar-refractivity contribution in [2.24, 2.45) is 45.3 Å². The maximum atomic E-state index is 10.9. The number of rotatable bonds is 8. The summed E-state index contributed by atoms with van der Waals surface area (Å²) in [5.74, 6) is 2.87. The topological polar surface area (TPSA) is 32.3 Å². The number of nitrogens with one attached hydrogen (secondary N) is 1. The van der Waals surface area contributed by atoms with Crippen LogP contribution in [0.5, 0.6) is 0 Å². The maximum Gasteiger partial charge on any atom is 0.0594 e. The van der Waals surface area contributed by atoms with E-state index >= 15 is 0 Å². The monoisotopic (exact) mass is 533 g/mol. The molecule has 0 heterocycles. The molecular weight excluding hydrogens is 474 g/mol. The minimum absolute atomic E-state index is 0.0292. The molecule has 4 aliphatic rings. The number of aliphatic hydroxyl groups is 1. The first-order valence-corrected chi connectivity index (χ1v) is 16.5. The molecule has 1 aromatic carbocycles. The fourth-order valence-corrected chi connectivity index (χ4v) is 10.8. The zero-order valence-electron chi connectivity index (χ0n) is 26.6. The molecule has 8 atom stereocenters. The maximum absolute atomic E-state index is 10.9. The summed E-state index contributed by atoms with van der Waals surface area (Å²) >= 11 is 0. The van der Waals surface area contributed by atoms with Crippen molar-refractivity contribution >= 4 is 0 Å². The van der Waals surface area contributed by atoms with Gasteiger partial charge in [-0.3, -0.25) is 0 Å². The van der Waals surface area contributed by atoms with Crippen LogP contribution in [0.1, 0.15) is 125 Å². The first-order chi connectivity index (χ1) is 18.3. The van der Waals surface area contributed by atoms with Crippen molar-refractivity contribution in [3.63, 3.8) is 0 Å². The van der Waals surface area contributed by atoms with Gasteiger partial charge in [0.2, 0.25) is 0 Å². The Morgan fingerprint density at radius 2 is 1.56 bits per heavy atom. The fourth-order valence-electron chi connectivity index (χ4n) is 10.8. The molecule has 4 aliphatic carbocycles. The van der Waals surface area contributed by atoms with Gasteiger partial charge in [0.25, 0.3) is 0 Å². The van der Waals surface area contributed by atoms with E-state index in [1.807, 2.05) is 11.1 Å². The SMILES string of the molecule is CC(C)C(CCC(C)C1CC[C@@]2(C)C3=C(CCC12C)C1(C)CC[C@H](O)C(C)(C)C1CC3)NCc1ccccc1. The second-order valence-electron chi connectivity index (χ2n) is 16.0. The smallest absolute Gasteiger partial charge is 0.0594 e. The Kier molecular flexibility index (Phi) is 7.99. The van der Waals surface area contributed by atoms with E-state index in [9.17, 15) is 5.11 Å². The Balaban J connectivity index is 1.30. The third kappa shape index (κ3) is 4.78. The molecule has 0 amide bonds. The van der Waals surface area contributed by atoms with E-state index in [0.717, 1.165) is 24.8 Å². The molecule has 1 aromatic rings. The Bertz CT molecular complexity index is 1040. The van der Waals surface area contributed by atoms with Gasteiger partial charge in [-0.1, -0.05) is 96.9 Å². The summed E-state index contributed by atoms with van der Waals surface area (Å²) in [5.41, 5.74) is 6.21. The van der Waals surface area contributed by atoms with Crippen molar-refractivity contribution in [1.29, 1.82) is 0 Å². The van der Waals surface area contributed by atoms with Crippen LogP contribution in [0.25, 0.3) is 0 Å². The predicted octanol–water partition coefficient (Wildman–Crippen LogP) is 9.33. The second-order valence-corrected chi connectivity index (χ2v) is 16.0. The summed E-state index contributed by atoms with van der Waals surface area (Å²) in [6.07, 6.45) is 12.6. The van der Waals surface area contributed by atoms with Crippen molar-refractivity contribution in [3.8, 4) is 0 Å². The minimum Gasteiger partial charge on any atom is -0.393 e. The van der Waals surface area contributed by atoms with Crippen molar-refractivity contribution in [3.05, 3.63) is 47.0 Å². The van der Waals surface area contributed by atoms with E-state index in [1.165, 1.54) is 63.4 Å². The molecule has 218 valence electrons. The molecule has 2 fully saturated rings. The van der Waals surface area contributed by atoms with E-state index in [2.05, 4.69) is 91.0 Å². The Morgan fingerprint density at radius 3 is 2.26 bits per heavy atom. The fraction of sp³-hybridized carbons (Fsp3) is 0.784. The summed E-state index contributed by atoms with van der Waals surface area (Å²) < 4.78 is 0. The summed E-state index contributed by atoms with van der Waals surface area (Å²) in [7, 11) is 0. The summed E-state index contributed by atoms with van der Waals surface area (Å²) in [6, 6.07) is 11.5. The largest absolute Gasteiger partial charge is 0.393 e. The van der Waals surface area contributed by atoms with Crippen LogP contribution in [0, 0.1) is 45.3 Å². The number of aliphatic hydroxyl groups excluding tert-OH is 1. The lowest BCUT2D eigenvalue weighted by Gasteiger charge is -2.62. The minimum atomic E-state index is -0.143. The predicted molar refractivity (Wildman–Crippen MR) is 165 cm³/mol. The third-order valence-electron chi connectivity index (χ3n) is 13.6. The molecule has 2 N–H and O–H groups in total. The van der Waals surface area contributed by atoms with E-state index < -0.39 is 0 Å². The molecule has 2 heteroatoms. The molecule has 0 spiro atoms. The molecule has 5 rings (SSSR count). The van der Waals surface area contributed by atoms with Crippen LogP contribution in [0.2, 0.25) is 0 Å². The van der Waals surface area contributed by atoms with Gasteiger partial charge in [0, 0.05) is 12.6 Å². The van der Waals surface area contributed by atoms with Gasteiger partial charge in [-0.25, -0.2) is 0 Å². The van der Waals surface area contributed by atoms with Crippen LogP contribution in [0.15, 0.2) is 41.5 Å². The average molecular weight is 534 g/mol. The molecule has 0 radical (unpaired) electrons. The van der Waals surface area contributed by atoms with Gasteiger partial charge in [-0.05, 0) is 115 Å². The first-order valence-electron chi connectivity index (χ1n) is 16.5. The highest BCUT2D eigenvalue weighted by Crippen LogP contribution is 2.72. The lowest BCUT2D eigenvalue weighted by Crippen LogP contribution is -2.55. The normalized spacial score (nSPS) is 39.2. The molecular formula is C37H59NO. The number of benzene rings is 1. The number of hydrogen-bond donors (Lipinski definition) is 2. The highest BCUT2D eigenvalue weighted by molar-refractivity contribution is 5.38. The molecule has 39 heavy (non-hydrogen) atoms. The molecule has 0 bridgehead atoms. The van der Waals surface area contributed by atoms with Crippen LogP contribution >= 0.6 is 0 Å². The lowest BCUT2D eigenvalue weighted by atomic mass is 9.43. The highest BCUT2D eigenvalue weighted by Gasteiger charge is 2.63. The highest BCUT2D eigenvalue weighted by atomic mass is 16.3. The summed E-state index contributed by atoms with van der Waals surface area (Å²) in [4.78, 5) is 0. The lowest BCUT2D eigenvalue weighted by molar-refractivity contribution is -0.0962. The van der Waals surface area contributed by atoms with E-state index in [1.54, 1.807) is 0 Å². The van der Waals surface area contributed by atoms with E-state index in [-0.39, 0.29) is 11.5 Å². The van der Waals surface area contributed by atoms with Gasteiger partial charge in [0.1, 0.15) is 0 Å². The standard InChI is InChI=1S/C37H59NO/c1-25(2)31(38-24-27-12-10-9-11-13-27)16-14-26(3)28-18-22-37(8)30-15-17-32-34(4,5)33(39)20-21-35(32,6)29(30)19-23-36(28,37)7/h9-13,25-26,28,31-33,38-39H,14-24H2,1-8H3/t26?,28?,31?,32?,33-,35?,36?,37-/m0/s1. The Hall–Kier alpha value is -1.12. The zero-order valence-corrected chi connectivity index (χ0v) is 26.6. The molecule has 2 nitrogen and oxygen atoms in total. The molecule has 0 aliphatic heterocycles. The van der Waals surface area contributed by atoms with Gasteiger partial charge in [-0.2, -0.15) is 0 Å². The number of allylic oxidation sites excluding steroid dienone is 2. The van der Waals surface area contributed by atoms with Crippen molar-refractivity contribution in [2.45, 2.75) is 138 Å². The zero-order chi connectivity index (χ0) is 28.2. The van der Waals surface area contributed by atoms with Crippen molar-refractivity contribution in [1.82, 2.24) is 5.32 Å². The second kappa shape index (κ2) is 10.6. The van der Waals surface area contributed by atoms with Gasteiger partial charge >= 0.3 is 0 Å². The van der Waals surface area contributed by atoms with Crippen LogP contribution in [-0.2, 0) is 6.54 Å². The Labute approximate surface area is 240 Å². The number of fused-ring (bicyclic) bond motifs is 4. The number of hydrogen-bond acceptors (Lipinski definition) is 2. The van der Waals surface area contributed by atoms with Crippen LogP contribution in [0.3, 0.4) is 0 Å². The van der Waals surface area contributed by atoms with Crippen LogP contribution < -0.4 is 5.32 Å².